The molecule has 2 heterocycles. The highest BCUT2D eigenvalue weighted by molar-refractivity contribution is 5.29. The van der Waals surface area contributed by atoms with Gasteiger partial charge in [-0.15, -0.1) is 0 Å². The van der Waals surface area contributed by atoms with E-state index in [-0.39, 0.29) is 12.1 Å². The highest BCUT2D eigenvalue weighted by atomic mass is 19.4. The van der Waals surface area contributed by atoms with E-state index in [4.69, 9.17) is 0 Å². The van der Waals surface area contributed by atoms with E-state index < -0.39 is 17.8 Å². The smallest absolute Gasteiger partial charge is 0.392 e. The van der Waals surface area contributed by atoms with E-state index >= 15 is 0 Å². The van der Waals surface area contributed by atoms with Crippen LogP contribution in [0.1, 0.15) is 49.2 Å². The number of aromatic nitrogens is 2. The van der Waals surface area contributed by atoms with Crippen molar-refractivity contribution in [3.63, 3.8) is 0 Å². The molecule has 4 nitrogen and oxygen atoms in total. The highest BCUT2D eigenvalue weighted by Crippen LogP contribution is 2.37. The first-order valence-electron chi connectivity index (χ1n) is 8.37. The number of hydrogen-bond donors (Lipinski definition) is 1. The first kappa shape index (κ1) is 17.9. The van der Waals surface area contributed by atoms with Crippen molar-refractivity contribution in [2.45, 2.75) is 51.2 Å². The molecule has 1 N–H and O–H groups in total. The minimum atomic E-state index is -4.37. The van der Waals surface area contributed by atoms with Crippen LogP contribution in [0.3, 0.4) is 0 Å². The van der Waals surface area contributed by atoms with Crippen molar-refractivity contribution in [1.82, 2.24) is 14.7 Å². The molecule has 0 spiro atoms. The van der Waals surface area contributed by atoms with Gasteiger partial charge in [0.25, 0.3) is 0 Å². The van der Waals surface area contributed by atoms with Crippen LogP contribution in [0.25, 0.3) is 0 Å². The molecular formula is C18H22F3N3O. The predicted molar refractivity (Wildman–Crippen MR) is 87.8 cm³/mol. The van der Waals surface area contributed by atoms with E-state index in [1.165, 1.54) is 12.1 Å². The zero-order valence-corrected chi connectivity index (χ0v) is 14.2. The van der Waals surface area contributed by atoms with E-state index in [9.17, 15) is 18.3 Å². The molecule has 25 heavy (non-hydrogen) atoms. The Balaban J connectivity index is 1.86. The molecule has 1 aromatic carbocycles. The number of β-amino-alcohol motifs (C(OH)–C–C–N with tert-alkyl or cyclic N) is 1. The second-order valence-corrected chi connectivity index (χ2v) is 6.82. The number of aliphatic hydroxyl groups is 1. The summed E-state index contributed by atoms with van der Waals surface area (Å²) >= 11 is 0. The maximum atomic E-state index is 13.0. The minimum absolute atomic E-state index is 0.199. The number of aliphatic hydroxyl groups excluding tert-OH is 1. The predicted octanol–water partition coefficient (Wildman–Crippen LogP) is 3.79. The Labute approximate surface area is 144 Å². The summed E-state index contributed by atoms with van der Waals surface area (Å²) in [7, 11) is 0. The summed E-state index contributed by atoms with van der Waals surface area (Å²) in [6.07, 6.45) is -2.76. The van der Waals surface area contributed by atoms with Crippen LogP contribution in [0.2, 0.25) is 0 Å². The molecule has 0 radical (unpaired) electrons. The third-order valence-corrected chi connectivity index (χ3v) is 4.59. The summed E-state index contributed by atoms with van der Waals surface area (Å²) in [6.45, 7) is 5.03. The number of rotatable bonds is 4. The Morgan fingerprint density at radius 3 is 2.72 bits per heavy atom. The first-order valence-corrected chi connectivity index (χ1v) is 8.37. The molecule has 2 unspecified atom stereocenters. The molecular weight excluding hydrogens is 331 g/mol. The lowest BCUT2D eigenvalue weighted by molar-refractivity contribution is -0.137. The topological polar surface area (TPSA) is 41.3 Å². The van der Waals surface area contributed by atoms with Crippen molar-refractivity contribution in [3.8, 4) is 0 Å². The number of halogens is 3. The van der Waals surface area contributed by atoms with E-state index in [1.807, 2.05) is 29.5 Å². The van der Waals surface area contributed by atoms with Gasteiger partial charge in [-0.1, -0.05) is 12.1 Å². The second-order valence-electron chi connectivity index (χ2n) is 6.82. The summed E-state index contributed by atoms with van der Waals surface area (Å²) < 4.78 is 40.9. The average molecular weight is 353 g/mol. The van der Waals surface area contributed by atoms with Gasteiger partial charge in [0.1, 0.15) is 0 Å². The molecule has 1 aliphatic rings. The Kier molecular flexibility index (Phi) is 4.88. The maximum absolute atomic E-state index is 13.0. The zero-order valence-electron chi connectivity index (χ0n) is 14.2. The van der Waals surface area contributed by atoms with E-state index in [0.717, 1.165) is 11.8 Å². The van der Waals surface area contributed by atoms with Crippen LogP contribution in [0.15, 0.2) is 36.5 Å². The van der Waals surface area contributed by atoms with Crippen LogP contribution >= 0.6 is 0 Å². The third kappa shape index (κ3) is 3.88. The Morgan fingerprint density at radius 1 is 1.28 bits per heavy atom. The lowest BCUT2D eigenvalue weighted by Crippen LogP contribution is -2.26. The third-order valence-electron chi connectivity index (χ3n) is 4.59. The summed E-state index contributed by atoms with van der Waals surface area (Å²) in [5.41, 5.74) is 0.918. The Bertz CT molecular complexity index is 726. The fourth-order valence-electron chi connectivity index (χ4n) is 3.46. The van der Waals surface area contributed by atoms with Crippen molar-refractivity contribution < 1.29 is 18.3 Å². The van der Waals surface area contributed by atoms with E-state index in [1.54, 1.807) is 12.3 Å². The van der Waals surface area contributed by atoms with Gasteiger partial charge in [-0.25, -0.2) is 0 Å². The monoisotopic (exact) mass is 353 g/mol. The van der Waals surface area contributed by atoms with Gasteiger partial charge in [0.05, 0.1) is 17.4 Å². The van der Waals surface area contributed by atoms with Crippen LogP contribution < -0.4 is 0 Å². The van der Waals surface area contributed by atoms with Gasteiger partial charge in [0.15, 0.2) is 0 Å². The fourth-order valence-corrected chi connectivity index (χ4v) is 3.46. The highest BCUT2D eigenvalue weighted by Gasteiger charge is 2.35. The minimum Gasteiger partial charge on any atom is -0.392 e. The summed E-state index contributed by atoms with van der Waals surface area (Å²) in [5.74, 6) is 0. The Hall–Kier alpha value is -1.86. The molecule has 2 aromatic rings. The van der Waals surface area contributed by atoms with Gasteiger partial charge >= 0.3 is 6.18 Å². The van der Waals surface area contributed by atoms with Gasteiger partial charge in [0, 0.05) is 31.4 Å². The Morgan fingerprint density at radius 2 is 2.04 bits per heavy atom. The van der Waals surface area contributed by atoms with Gasteiger partial charge in [-0.3, -0.25) is 9.58 Å². The SMILES string of the molecule is CC(C)n1nccc1CN1CC(O)CC1c1cccc(C(F)(F)F)c1. The normalized spacial score (nSPS) is 22.0. The number of benzene rings is 1. The second kappa shape index (κ2) is 6.80. The summed E-state index contributed by atoms with van der Waals surface area (Å²) in [5, 5.41) is 14.4. The van der Waals surface area contributed by atoms with Gasteiger partial charge in [-0.2, -0.15) is 18.3 Å². The molecule has 0 saturated carbocycles. The van der Waals surface area contributed by atoms with Crippen molar-refractivity contribution in [2.75, 3.05) is 6.54 Å². The largest absolute Gasteiger partial charge is 0.416 e. The molecule has 0 bridgehead atoms. The van der Waals surface area contributed by atoms with Crippen LogP contribution in [0.5, 0.6) is 0 Å². The lowest BCUT2D eigenvalue weighted by Gasteiger charge is -2.26. The summed E-state index contributed by atoms with van der Waals surface area (Å²) in [6, 6.07) is 7.26. The fraction of sp³-hybridized carbons (Fsp3) is 0.500. The molecule has 2 atom stereocenters. The van der Waals surface area contributed by atoms with Crippen molar-refractivity contribution in [3.05, 3.63) is 53.3 Å². The molecule has 1 aliphatic heterocycles. The molecule has 1 fully saturated rings. The van der Waals surface area contributed by atoms with Crippen molar-refractivity contribution >= 4 is 0 Å². The standard InChI is InChI=1S/C18H22F3N3O/c1-12(2)24-15(6-7-22-24)10-23-11-16(25)9-17(23)13-4-3-5-14(8-13)18(19,20)21/h3-8,12,16-17,25H,9-11H2,1-2H3. The zero-order chi connectivity index (χ0) is 18.2. The van der Waals surface area contributed by atoms with E-state index in [0.29, 0.717) is 25.1 Å². The van der Waals surface area contributed by atoms with E-state index in [2.05, 4.69) is 5.10 Å². The van der Waals surface area contributed by atoms with Crippen LogP contribution in [0.4, 0.5) is 13.2 Å². The molecule has 136 valence electrons. The molecule has 0 amide bonds. The molecule has 1 saturated heterocycles. The number of hydrogen-bond acceptors (Lipinski definition) is 3. The molecule has 7 heteroatoms. The number of alkyl halides is 3. The van der Waals surface area contributed by atoms with Crippen molar-refractivity contribution in [1.29, 1.82) is 0 Å². The van der Waals surface area contributed by atoms with Crippen LogP contribution in [0, 0.1) is 0 Å². The molecule has 1 aromatic heterocycles. The quantitative estimate of drug-likeness (QED) is 0.909. The maximum Gasteiger partial charge on any atom is 0.416 e. The molecule has 0 aliphatic carbocycles. The van der Waals surface area contributed by atoms with Crippen LogP contribution in [-0.4, -0.2) is 32.4 Å². The summed E-state index contributed by atoms with van der Waals surface area (Å²) in [4.78, 5) is 2.02. The van der Waals surface area contributed by atoms with Crippen molar-refractivity contribution in [2.24, 2.45) is 0 Å². The van der Waals surface area contributed by atoms with Gasteiger partial charge in [0.2, 0.25) is 0 Å². The van der Waals surface area contributed by atoms with Gasteiger partial charge < -0.3 is 5.11 Å². The number of nitrogens with zero attached hydrogens (tertiary/aromatic N) is 3. The lowest BCUT2D eigenvalue weighted by atomic mass is 10.0. The number of likely N-dealkylation sites (tertiary alicyclic amines) is 1. The first-order chi connectivity index (χ1) is 11.8. The molecule has 3 rings (SSSR count). The van der Waals surface area contributed by atoms with Gasteiger partial charge in [-0.05, 0) is 44.0 Å². The van der Waals surface area contributed by atoms with Crippen LogP contribution in [-0.2, 0) is 12.7 Å². The average Bonchev–Trinajstić information content (AvgIpc) is 3.13.